The van der Waals surface area contributed by atoms with E-state index in [4.69, 9.17) is 0 Å². The minimum absolute atomic E-state index is 0.270. The quantitative estimate of drug-likeness (QED) is 0.652. The number of rotatable bonds is 3. The molecule has 0 aliphatic carbocycles. The third kappa shape index (κ3) is 2.32. The molecule has 1 atom stereocenters. The van der Waals surface area contributed by atoms with Crippen LogP contribution in [-0.2, 0) is 0 Å². The van der Waals surface area contributed by atoms with Gasteiger partial charge in [-0.3, -0.25) is 4.79 Å². The highest BCUT2D eigenvalue weighted by Gasteiger charge is 2.26. The van der Waals surface area contributed by atoms with Crippen molar-refractivity contribution in [1.82, 2.24) is 15.3 Å². The molecule has 1 aromatic heterocycles. The van der Waals surface area contributed by atoms with Gasteiger partial charge in [0.25, 0.3) is 5.91 Å². The Kier molecular flexibility index (Phi) is 2.90. The first kappa shape index (κ1) is 10.7. The van der Waals surface area contributed by atoms with Crippen molar-refractivity contribution in [3.63, 3.8) is 0 Å². The van der Waals surface area contributed by atoms with Crippen LogP contribution in [0.2, 0.25) is 0 Å². The third-order valence-electron chi connectivity index (χ3n) is 2.22. The molecule has 0 aliphatic heterocycles. The first-order chi connectivity index (χ1) is 6.43. The summed E-state index contributed by atoms with van der Waals surface area (Å²) in [7, 11) is 0. The molecule has 0 aromatic carbocycles. The first-order valence-electron chi connectivity index (χ1n) is 4.42. The molecule has 1 unspecified atom stereocenters. The van der Waals surface area contributed by atoms with E-state index in [0.29, 0.717) is 5.69 Å². The summed E-state index contributed by atoms with van der Waals surface area (Å²) in [6.45, 7) is 5.14. The lowest BCUT2D eigenvalue weighted by Gasteiger charge is -2.28. The minimum atomic E-state index is -0.651. The van der Waals surface area contributed by atoms with Crippen LogP contribution in [0.1, 0.15) is 31.3 Å². The Morgan fingerprint density at radius 3 is 2.79 bits per heavy atom. The summed E-state index contributed by atoms with van der Waals surface area (Å²) in [4.78, 5) is 18.0. The Labute approximate surface area is 82.6 Å². The molecular weight excluding hydrogens is 182 g/mol. The maximum absolute atomic E-state index is 11.5. The number of carbonyl (C=O) groups is 1. The van der Waals surface area contributed by atoms with Crippen LogP contribution in [0.3, 0.4) is 0 Å². The number of carbonyl (C=O) groups excluding carboxylic acids is 1. The van der Waals surface area contributed by atoms with Crippen molar-refractivity contribution in [2.24, 2.45) is 0 Å². The lowest BCUT2D eigenvalue weighted by Crippen LogP contribution is -2.51. The zero-order valence-corrected chi connectivity index (χ0v) is 8.53. The lowest BCUT2D eigenvalue weighted by atomic mass is 9.99. The van der Waals surface area contributed by atoms with E-state index in [1.165, 1.54) is 12.5 Å². The number of imidazole rings is 1. The van der Waals surface area contributed by atoms with E-state index in [1.807, 2.05) is 0 Å². The van der Waals surface area contributed by atoms with Crippen LogP contribution in [-0.4, -0.2) is 32.6 Å². The van der Waals surface area contributed by atoms with E-state index in [-0.39, 0.29) is 5.91 Å². The van der Waals surface area contributed by atoms with Crippen LogP contribution < -0.4 is 5.32 Å². The summed E-state index contributed by atoms with van der Waals surface area (Å²) < 4.78 is 0. The van der Waals surface area contributed by atoms with E-state index < -0.39 is 11.6 Å². The fourth-order valence-corrected chi connectivity index (χ4v) is 0.844. The zero-order valence-electron chi connectivity index (χ0n) is 8.53. The second-order valence-electron chi connectivity index (χ2n) is 3.82. The molecule has 0 saturated carbocycles. The van der Waals surface area contributed by atoms with E-state index in [0.717, 1.165) is 0 Å². The molecule has 0 radical (unpaired) electrons. The smallest absolute Gasteiger partial charge is 0.269 e. The number of aliphatic hydroxyl groups excluding tert-OH is 1. The highest BCUT2D eigenvalue weighted by Crippen LogP contribution is 2.09. The molecular formula is C9H15N3O2. The number of nitrogens with one attached hydrogen (secondary N) is 2. The molecule has 1 aromatic rings. The summed E-state index contributed by atoms with van der Waals surface area (Å²) >= 11 is 0. The van der Waals surface area contributed by atoms with Crippen molar-refractivity contribution < 1.29 is 9.90 Å². The summed E-state index contributed by atoms with van der Waals surface area (Å²) in [5, 5.41) is 12.1. The molecule has 0 aliphatic rings. The summed E-state index contributed by atoms with van der Waals surface area (Å²) in [5.41, 5.74) is -0.263. The molecule has 0 bridgehead atoms. The summed E-state index contributed by atoms with van der Waals surface area (Å²) in [6, 6.07) is 0. The van der Waals surface area contributed by atoms with E-state index in [1.54, 1.807) is 20.8 Å². The van der Waals surface area contributed by atoms with Crippen LogP contribution in [0.25, 0.3) is 0 Å². The van der Waals surface area contributed by atoms with Gasteiger partial charge in [-0.2, -0.15) is 0 Å². The molecule has 14 heavy (non-hydrogen) atoms. The lowest BCUT2D eigenvalue weighted by molar-refractivity contribution is 0.0706. The number of aromatic amines is 1. The number of hydrogen-bond donors (Lipinski definition) is 3. The molecule has 0 spiro atoms. The first-order valence-corrected chi connectivity index (χ1v) is 4.42. The molecule has 5 heteroatoms. The maximum atomic E-state index is 11.5. The van der Waals surface area contributed by atoms with Crippen molar-refractivity contribution in [3.05, 3.63) is 18.2 Å². The fraction of sp³-hybridized carbons (Fsp3) is 0.556. The standard InChI is InChI=1S/C9H15N3O2/c1-6(13)9(2,3)12-8(14)7-4-10-5-11-7/h4-6,13H,1-3H3,(H,10,11)(H,12,14). The largest absolute Gasteiger partial charge is 0.391 e. The Hall–Kier alpha value is -1.36. The number of hydrogen-bond acceptors (Lipinski definition) is 3. The second-order valence-corrected chi connectivity index (χ2v) is 3.82. The minimum Gasteiger partial charge on any atom is -0.391 e. The number of nitrogens with zero attached hydrogens (tertiary/aromatic N) is 1. The number of aromatic nitrogens is 2. The van der Waals surface area contributed by atoms with Gasteiger partial charge in [0.05, 0.1) is 24.2 Å². The van der Waals surface area contributed by atoms with Crippen LogP contribution in [0.15, 0.2) is 12.5 Å². The highest BCUT2D eigenvalue weighted by molar-refractivity contribution is 5.92. The summed E-state index contributed by atoms with van der Waals surface area (Å²) in [6.07, 6.45) is 2.26. The maximum Gasteiger partial charge on any atom is 0.269 e. The fourth-order valence-electron chi connectivity index (χ4n) is 0.844. The predicted octanol–water partition coefficient (Wildman–Crippen LogP) is 0.299. The van der Waals surface area contributed by atoms with Crippen molar-refractivity contribution in [1.29, 1.82) is 0 Å². The van der Waals surface area contributed by atoms with Gasteiger partial charge in [0.15, 0.2) is 0 Å². The number of H-pyrrole nitrogens is 1. The molecule has 3 N–H and O–H groups in total. The molecule has 0 saturated heterocycles. The van der Waals surface area contributed by atoms with Crippen molar-refractivity contribution in [3.8, 4) is 0 Å². The van der Waals surface area contributed by atoms with E-state index in [9.17, 15) is 9.90 Å². The van der Waals surface area contributed by atoms with Gasteiger partial charge < -0.3 is 15.4 Å². The van der Waals surface area contributed by atoms with E-state index >= 15 is 0 Å². The van der Waals surface area contributed by atoms with Crippen molar-refractivity contribution in [2.45, 2.75) is 32.4 Å². The average Bonchev–Trinajstić information content (AvgIpc) is 2.54. The predicted molar refractivity (Wildman–Crippen MR) is 51.8 cm³/mol. The molecule has 1 rings (SSSR count). The average molecular weight is 197 g/mol. The summed E-state index contributed by atoms with van der Waals surface area (Å²) in [5.74, 6) is -0.270. The van der Waals surface area contributed by atoms with Crippen molar-refractivity contribution in [2.75, 3.05) is 0 Å². The second kappa shape index (κ2) is 3.79. The molecule has 1 amide bonds. The SMILES string of the molecule is CC(O)C(C)(C)NC(=O)c1cnc[nH]1. The monoisotopic (exact) mass is 197 g/mol. The van der Waals surface area contributed by atoms with Gasteiger partial charge in [-0.25, -0.2) is 4.98 Å². The van der Waals surface area contributed by atoms with Gasteiger partial charge in [0.2, 0.25) is 0 Å². The van der Waals surface area contributed by atoms with Gasteiger partial charge in [0.1, 0.15) is 5.69 Å². The number of amides is 1. The zero-order chi connectivity index (χ0) is 10.8. The van der Waals surface area contributed by atoms with E-state index in [2.05, 4.69) is 15.3 Å². The molecule has 5 nitrogen and oxygen atoms in total. The van der Waals surface area contributed by atoms with Crippen LogP contribution in [0.4, 0.5) is 0 Å². The van der Waals surface area contributed by atoms with Crippen LogP contribution >= 0.6 is 0 Å². The van der Waals surface area contributed by atoms with Crippen LogP contribution in [0, 0.1) is 0 Å². The highest BCUT2D eigenvalue weighted by atomic mass is 16.3. The molecule has 0 fully saturated rings. The van der Waals surface area contributed by atoms with Gasteiger partial charge in [-0.1, -0.05) is 0 Å². The van der Waals surface area contributed by atoms with Gasteiger partial charge in [0, 0.05) is 0 Å². The molecule has 78 valence electrons. The Morgan fingerprint density at radius 2 is 2.36 bits per heavy atom. The van der Waals surface area contributed by atoms with Gasteiger partial charge in [-0.15, -0.1) is 0 Å². The van der Waals surface area contributed by atoms with Gasteiger partial charge >= 0.3 is 0 Å². The third-order valence-corrected chi connectivity index (χ3v) is 2.22. The van der Waals surface area contributed by atoms with Crippen LogP contribution in [0.5, 0.6) is 0 Å². The number of aliphatic hydroxyl groups is 1. The Balaban J connectivity index is 2.66. The van der Waals surface area contributed by atoms with Crippen molar-refractivity contribution >= 4 is 5.91 Å². The topological polar surface area (TPSA) is 78.0 Å². The van der Waals surface area contributed by atoms with Gasteiger partial charge in [-0.05, 0) is 20.8 Å². The normalized spacial score (nSPS) is 13.7. The Bertz CT molecular complexity index is 304. The molecule has 1 heterocycles. The Morgan fingerprint density at radius 1 is 1.71 bits per heavy atom.